The molecule has 0 radical (unpaired) electrons. The van der Waals surface area contributed by atoms with Gasteiger partial charge in [-0.05, 0) is 76.1 Å². The number of nitrogens with zero attached hydrogens (tertiary/aromatic N) is 2. The molecule has 3 heterocycles. The maximum Gasteiger partial charge on any atom is 0.416 e. The lowest BCUT2D eigenvalue weighted by Crippen LogP contribution is -2.36. The van der Waals surface area contributed by atoms with Crippen LogP contribution in [0.25, 0.3) is 0 Å². The summed E-state index contributed by atoms with van der Waals surface area (Å²) in [6.07, 6.45) is 8.75. The standard InChI is InChI=1S/C19H27N3O2/c23-18-22(14-19(24-18)9-2-1-3-10-19)17-6-4-5-16(21-17)13-15-7-11-20-12-8-15/h4-6,15,20H,1-3,7-14H2. The summed E-state index contributed by atoms with van der Waals surface area (Å²) in [4.78, 5) is 18.9. The predicted octanol–water partition coefficient (Wildman–Crippen LogP) is 3.28. The highest BCUT2D eigenvalue weighted by Gasteiger charge is 2.46. The highest BCUT2D eigenvalue weighted by molar-refractivity contribution is 5.89. The molecule has 1 N–H and O–H groups in total. The number of aromatic nitrogens is 1. The first-order chi connectivity index (χ1) is 11.7. The SMILES string of the molecule is O=C1OC2(CCCCC2)CN1c1cccc(CC2CCNCC2)n1. The summed E-state index contributed by atoms with van der Waals surface area (Å²) in [6, 6.07) is 6.05. The van der Waals surface area contributed by atoms with Crippen molar-refractivity contribution >= 4 is 11.9 Å². The van der Waals surface area contributed by atoms with Gasteiger partial charge >= 0.3 is 6.09 Å². The zero-order chi connectivity index (χ0) is 16.4. The number of pyridine rings is 1. The second-order valence-corrected chi connectivity index (χ2v) is 7.58. The predicted molar refractivity (Wildman–Crippen MR) is 93.2 cm³/mol. The number of carbonyl (C=O) groups is 1. The molecule has 130 valence electrons. The molecule has 24 heavy (non-hydrogen) atoms. The van der Waals surface area contributed by atoms with E-state index in [1.165, 1.54) is 19.3 Å². The Kier molecular flexibility index (Phi) is 4.44. The Labute approximate surface area is 143 Å². The van der Waals surface area contributed by atoms with Gasteiger partial charge in [0.2, 0.25) is 0 Å². The number of hydrogen-bond acceptors (Lipinski definition) is 4. The zero-order valence-electron chi connectivity index (χ0n) is 14.3. The minimum absolute atomic E-state index is 0.219. The Morgan fingerprint density at radius 3 is 2.79 bits per heavy atom. The van der Waals surface area contributed by atoms with E-state index in [9.17, 15) is 4.79 Å². The van der Waals surface area contributed by atoms with Crippen molar-refractivity contribution in [1.29, 1.82) is 0 Å². The lowest BCUT2D eigenvalue weighted by molar-refractivity contribution is 0.0260. The second-order valence-electron chi connectivity index (χ2n) is 7.58. The van der Waals surface area contributed by atoms with Crippen LogP contribution in [0.2, 0.25) is 0 Å². The topological polar surface area (TPSA) is 54.5 Å². The van der Waals surface area contributed by atoms with Gasteiger partial charge in [-0.15, -0.1) is 0 Å². The van der Waals surface area contributed by atoms with Crippen LogP contribution in [0.3, 0.4) is 0 Å². The summed E-state index contributed by atoms with van der Waals surface area (Å²) >= 11 is 0. The number of amides is 1. The summed E-state index contributed by atoms with van der Waals surface area (Å²) in [5.41, 5.74) is 0.832. The third-order valence-electron chi connectivity index (χ3n) is 5.76. The molecule has 0 atom stereocenters. The summed E-state index contributed by atoms with van der Waals surface area (Å²) in [5, 5.41) is 3.41. The normalized spacial score (nSPS) is 24.3. The molecular formula is C19H27N3O2. The van der Waals surface area contributed by atoms with Gasteiger partial charge in [0.15, 0.2) is 0 Å². The number of ether oxygens (including phenoxy) is 1. The van der Waals surface area contributed by atoms with Crippen molar-refractivity contribution in [2.45, 2.75) is 57.0 Å². The van der Waals surface area contributed by atoms with Gasteiger partial charge in [-0.3, -0.25) is 4.90 Å². The van der Waals surface area contributed by atoms with Crippen molar-refractivity contribution in [3.05, 3.63) is 23.9 Å². The highest BCUT2D eigenvalue weighted by atomic mass is 16.6. The second kappa shape index (κ2) is 6.71. The summed E-state index contributed by atoms with van der Waals surface area (Å²) in [5.74, 6) is 1.46. The first-order valence-corrected chi connectivity index (χ1v) is 9.41. The molecule has 1 aromatic rings. The number of anilines is 1. The van der Waals surface area contributed by atoms with E-state index in [1.54, 1.807) is 4.90 Å². The van der Waals surface area contributed by atoms with Crippen molar-refractivity contribution in [3.63, 3.8) is 0 Å². The third-order valence-corrected chi connectivity index (χ3v) is 5.76. The molecule has 1 amide bonds. The number of carbonyl (C=O) groups excluding carboxylic acids is 1. The van der Waals surface area contributed by atoms with E-state index in [0.717, 1.165) is 56.7 Å². The average molecular weight is 329 g/mol. The Balaban J connectivity index is 1.47. The monoisotopic (exact) mass is 329 g/mol. The number of rotatable bonds is 3. The molecule has 0 bridgehead atoms. The van der Waals surface area contributed by atoms with Crippen molar-refractivity contribution < 1.29 is 9.53 Å². The number of hydrogen-bond donors (Lipinski definition) is 1. The van der Waals surface area contributed by atoms with Crippen LogP contribution < -0.4 is 10.2 Å². The first-order valence-electron chi connectivity index (χ1n) is 9.41. The molecule has 1 spiro atoms. The van der Waals surface area contributed by atoms with Crippen LogP contribution >= 0.6 is 0 Å². The zero-order valence-corrected chi connectivity index (χ0v) is 14.3. The Hall–Kier alpha value is -1.62. The minimum Gasteiger partial charge on any atom is -0.441 e. The number of nitrogens with one attached hydrogen (secondary N) is 1. The summed E-state index contributed by atoms with van der Waals surface area (Å²) < 4.78 is 5.79. The molecule has 0 unspecified atom stereocenters. The molecule has 4 rings (SSSR count). The van der Waals surface area contributed by atoms with E-state index >= 15 is 0 Å². The van der Waals surface area contributed by atoms with Gasteiger partial charge in [-0.25, -0.2) is 9.78 Å². The van der Waals surface area contributed by atoms with Crippen LogP contribution in [-0.2, 0) is 11.2 Å². The molecule has 1 aliphatic carbocycles. The van der Waals surface area contributed by atoms with Crippen LogP contribution in [0.15, 0.2) is 18.2 Å². The molecular weight excluding hydrogens is 302 g/mol. The molecule has 5 nitrogen and oxygen atoms in total. The first kappa shape index (κ1) is 15.9. The summed E-state index contributed by atoms with van der Waals surface area (Å²) in [7, 11) is 0. The van der Waals surface area contributed by atoms with E-state index in [2.05, 4.69) is 11.4 Å². The minimum atomic E-state index is -0.262. The fourth-order valence-corrected chi connectivity index (χ4v) is 4.37. The Morgan fingerprint density at radius 1 is 1.21 bits per heavy atom. The van der Waals surface area contributed by atoms with Crippen LogP contribution in [-0.4, -0.2) is 36.3 Å². The molecule has 0 aromatic carbocycles. The molecule has 2 saturated heterocycles. The molecule has 2 aliphatic heterocycles. The molecule has 3 fully saturated rings. The van der Waals surface area contributed by atoms with E-state index in [-0.39, 0.29) is 11.7 Å². The Morgan fingerprint density at radius 2 is 2.00 bits per heavy atom. The maximum absolute atomic E-state index is 12.4. The largest absolute Gasteiger partial charge is 0.441 e. The van der Waals surface area contributed by atoms with E-state index in [4.69, 9.17) is 9.72 Å². The average Bonchev–Trinajstić information content (AvgIpc) is 2.92. The fourth-order valence-electron chi connectivity index (χ4n) is 4.37. The van der Waals surface area contributed by atoms with Crippen LogP contribution in [0.4, 0.5) is 10.6 Å². The molecule has 1 aromatic heterocycles. The van der Waals surface area contributed by atoms with Crippen molar-refractivity contribution in [2.75, 3.05) is 24.5 Å². The smallest absolute Gasteiger partial charge is 0.416 e. The van der Waals surface area contributed by atoms with Gasteiger partial charge in [-0.1, -0.05) is 12.5 Å². The highest BCUT2D eigenvalue weighted by Crippen LogP contribution is 2.38. The lowest BCUT2D eigenvalue weighted by Gasteiger charge is -2.30. The van der Waals surface area contributed by atoms with Crippen molar-refractivity contribution in [1.82, 2.24) is 10.3 Å². The maximum atomic E-state index is 12.4. The van der Waals surface area contributed by atoms with Crippen LogP contribution in [0.1, 0.15) is 50.6 Å². The van der Waals surface area contributed by atoms with Gasteiger partial charge in [0.25, 0.3) is 0 Å². The van der Waals surface area contributed by atoms with E-state index < -0.39 is 0 Å². The van der Waals surface area contributed by atoms with Gasteiger partial charge < -0.3 is 10.1 Å². The van der Waals surface area contributed by atoms with E-state index in [1.807, 2.05) is 12.1 Å². The van der Waals surface area contributed by atoms with Crippen molar-refractivity contribution in [2.24, 2.45) is 5.92 Å². The fraction of sp³-hybridized carbons (Fsp3) is 0.684. The van der Waals surface area contributed by atoms with Gasteiger partial charge in [0.05, 0.1) is 6.54 Å². The number of piperidine rings is 1. The molecule has 3 aliphatic rings. The summed E-state index contributed by atoms with van der Waals surface area (Å²) in [6.45, 7) is 2.87. The Bertz CT molecular complexity index is 592. The third kappa shape index (κ3) is 3.27. The quantitative estimate of drug-likeness (QED) is 0.924. The van der Waals surface area contributed by atoms with Gasteiger partial charge in [-0.2, -0.15) is 0 Å². The van der Waals surface area contributed by atoms with E-state index in [0.29, 0.717) is 12.5 Å². The van der Waals surface area contributed by atoms with Crippen LogP contribution in [0, 0.1) is 5.92 Å². The van der Waals surface area contributed by atoms with Gasteiger partial charge in [0.1, 0.15) is 11.4 Å². The van der Waals surface area contributed by atoms with Crippen LogP contribution in [0.5, 0.6) is 0 Å². The van der Waals surface area contributed by atoms with Gasteiger partial charge in [0, 0.05) is 5.69 Å². The molecule has 1 saturated carbocycles. The lowest BCUT2D eigenvalue weighted by atomic mass is 9.85. The van der Waals surface area contributed by atoms with Crippen molar-refractivity contribution in [3.8, 4) is 0 Å². The molecule has 5 heteroatoms.